The summed E-state index contributed by atoms with van der Waals surface area (Å²) in [6, 6.07) is 6.56. The van der Waals surface area contributed by atoms with Crippen molar-refractivity contribution in [2.45, 2.75) is 57.9 Å². The van der Waals surface area contributed by atoms with Crippen LogP contribution in [0.2, 0.25) is 0 Å². The second-order valence-corrected chi connectivity index (χ2v) is 8.37. The third-order valence-corrected chi connectivity index (χ3v) is 5.22. The van der Waals surface area contributed by atoms with Crippen LogP contribution in [-0.4, -0.2) is 28.9 Å². The van der Waals surface area contributed by atoms with Crippen molar-refractivity contribution in [1.82, 2.24) is 9.88 Å². The van der Waals surface area contributed by atoms with Crippen LogP contribution in [-0.2, 0) is 10.2 Å². The van der Waals surface area contributed by atoms with Crippen molar-refractivity contribution in [1.29, 1.82) is 5.26 Å². The van der Waals surface area contributed by atoms with E-state index in [0.717, 1.165) is 35.8 Å². The van der Waals surface area contributed by atoms with Crippen molar-refractivity contribution >= 4 is 21.8 Å². The van der Waals surface area contributed by atoms with E-state index in [1.54, 1.807) is 6.20 Å². The van der Waals surface area contributed by atoms with Crippen molar-refractivity contribution in [2.24, 2.45) is 5.41 Å². The Hall–Kier alpha value is -1.41. The average molecular weight is 378 g/mol. The maximum Gasteiger partial charge on any atom is 0.227 e. The number of nitrogens with zero attached hydrogens (tertiary/aromatic N) is 3. The van der Waals surface area contributed by atoms with Crippen LogP contribution in [0.4, 0.5) is 0 Å². The molecular weight excluding hydrogens is 354 g/mol. The fraction of sp³-hybridized carbons (Fsp3) is 0.611. The zero-order chi connectivity index (χ0) is 17.3. The minimum absolute atomic E-state index is 0.161. The minimum atomic E-state index is -0.525. The highest BCUT2D eigenvalue weighted by atomic mass is 79.9. The predicted octanol–water partition coefficient (Wildman–Crippen LogP) is 4.05. The van der Waals surface area contributed by atoms with Crippen LogP contribution in [0.3, 0.4) is 0 Å². The van der Waals surface area contributed by atoms with E-state index in [1.165, 1.54) is 0 Å². The third-order valence-electron chi connectivity index (χ3n) is 4.75. The fourth-order valence-corrected chi connectivity index (χ4v) is 3.50. The predicted molar refractivity (Wildman–Crippen MR) is 93.7 cm³/mol. The van der Waals surface area contributed by atoms with Gasteiger partial charge in [-0.25, -0.2) is 0 Å². The number of halogens is 1. The largest absolute Gasteiger partial charge is 0.342 e. The average Bonchev–Trinajstić information content (AvgIpc) is 2.53. The Morgan fingerprint density at radius 3 is 2.43 bits per heavy atom. The van der Waals surface area contributed by atoms with Crippen LogP contribution < -0.4 is 0 Å². The number of amides is 1. The summed E-state index contributed by atoms with van der Waals surface area (Å²) in [5.41, 5.74) is -0.0549. The van der Waals surface area contributed by atoms with E-state index in [4.69, 9.17) is 0 Å². The summed E-state index contributed by atoms with van der Waals surface area (Å²) < 4.78 is 0.915. The van der Waals surface area contributed by atoms with Gasteiger partial charge in [-0.05, 0) is 53.7 Å². The van der Waals surface area contributed by atoms with Gasteiger partial charge in [0.25, 0.3) is 0 Å². The van der Waals surface area contributed by atoms with Crippen molar-refractivity contribution in [3.05, 3.63) is 28.5 Å². The molecule has 0 radical (unpaired) electrons. The van der Waals surface area contributed by atoms with Gasteiger partial charge >= 0.3 is 0 Å². The number of hydrogen-bond acceptors (Lipinski definition) is 3. The zero-order valence-corrected chi connectivity index (χ0v) is 15.9. The van der Waals surface area contributed by atoms with Gasteiger partial charge in [-0.3, -0.25) is 9.78 Å². The van der Waals surface area contributed by atoms with E-state index < -0.39 is 5.41 Å². The summed E-state index contributed by atoms with van der Waals surface area (Å²) in [5, 5.41) is 9.75. The number of pyridine rings is 1. The highest BCUT2D eigenvalue weighted by Crippen LogP contribution is 2.40. The number of carbonyl (C=O) groups excluding carboxylic acids is 1. The van der Waals surface area contributed by atoms with Crippen LogP contribution in [0.5, 0.6) is 0 Å². The molecule has 1 aliphatic carbocycles. The molecule has 0 spiro atoms. The van der Waals surface area contributed by atoms with Gasteiger partial charge in [-0.2, -0.15) is 5.26 Å². The maximum atomic E-state index is 12.4. The second-order valence-electron chi connectivity index (χ2n) is 7.45. The topological polar surface area (TPSA) is 57.0 Å². The summed E-state index contributed by atoms with van der Waals surface area (Å²) in [6.07, 6.45) is 4.90. The number of carbonyl (C=O) groups is 1. The third kappa shape index (κ3) is 3.74. The van der Waals surface area contributed by atoms with Gasteiger partial charge < -0.3 is 4.90 Å². The van der Waals surface area contributed by atoms with Gasteiger partial charge in [0.05, 0.1) is 17.2 Å². The van der Waals surface area contributed by atoms with Gasteiger partial charge in [-0.1, -0.05) is 20.8 Å². The molecule has 2 rings (SSSR count). The lowest BCUT2D eigenvalue weighted by atomic mass is 9.70. The molecule has 0 atom stereocenters. The molecule has 0 aromatic carbocycles. The van der Waals surface area contributed by atoms with E-state index in [-0.39, 0.29) is 17.4 Å². The molecule has 1 amide bonds. The van der Waals surface area contributed by atoms with Gasteiger partial charge in [0.1, 0.15) is 0 Å². The molecule has 0 N–H and O–H groups in total. The molecule has 1 heterocycles. The van der Waals surface area contributed by atoms with Crippen LogP contribution in [0, 0.1) is 16.7 Å². The standard InChI is InChI=1S/C18H24BrN3O/c1-17(2,3)16(23)22(4)14-7-9-18(12-20,10-8-14)15-6-5-13(19)11-21-15/h5-6,11,14H,7-10H2,1-4H3. The molecule has 124 valence electrons. The number of nitriles is 1. The Morgan fingerprint density at radius 2 is 2.00 bits per heavy atom. The molecule has 0 aliphatic heterocycles. The van der Waals surface area contributed by atoms with Crippen molar-refractivity contribution in [2.75, 3.05) is 7.05 Å². The summed E-state index contributed by atoms with van der Waals surface area (Å²) in [7, 11) is 1.88. The van der Waals surface area contributed by atoms with Crippen molar-refractivity contribution < 1.29 is 4.79 Å². The van der Waals surface area contributed by atoms with E-state index in [9.17, 15) is 10.1 Å². The maximum absolute atomic E-state index is 12.4. The highest BCUT2D eigenvalue weighted by molar-refractivity contribution is 9.10. The molecule has 1 aliphatic rings. The van der Waals surface area contributed by atoms with E-state index in [1.807, 2.05) is 44.9 Å². The van der Waals surface area contributed by atoms with Crippen LogP contribution in [0.15, 0.2) is 22.8 Å². The minimum Gasteiger partial charge on any atom is -0.342 e. The lowest BCUT2D eigenvalue weighted by Gasteiger charge is -2.40. The number of rotatable bonds is 2. The molecule has 23 heavy (non-hydrogen) atoms. The highest BCUT2D eigenvalue weighted by Gasteiger charge is 2.41. The molecule has 0 saturated heterocycles. The summed E-state index contributed by atoms with van der Waals surface area (Å²) in [6.45, 7) is 5.83. The molecule has 4 nitrogen and oxygen atoms in total. The van der Waals surface area contributed by atoms with Gasteiger partial charge in [-0.15, -0.1) is 0 Å². The lowest BCUT2D eigenvalue weighted by Crippen LogP contribution is -2.46. The molecule has 1 aromatic rings. The van der Waals surface area contributed by atoms with E-state index in [2.05, 4.69) is 27.0 Å². The van der Waals surface area contributed by atoms with Crippen LogP contribution >= 0.6 is 15.9 Å². The summed E-state index contributed by atoms with van der Waals surface area (Å²) >= 11 is 3.38. The molecule has 0 unspecified atom stereocenters. The smallest absolute Gasteiger partial charge is 0.227 e. The van der Waals surface area contributed by atoms with E-state index in [0.29, 0.717) is 0 Å². The molecule has 0 bridgehead atoms. The first-order valence-corrected chi connectivity index (χ1v) is 8.79. The number of hydrogen-bond donors (Lipinski definition) is 0. The lowest BCUT2D eigenvalue weighted by molar-refractivity contribution is -0.141. The Morgan fingerprint density at radius 1 is 1.39 bits per heavy atom. The first-order chi connectivity index (χ1) is 10.7. The van der Waals surface area contributed by atoms with Gasteiger partial charge in [0.2, 0.25) is 5.91 Å². The molecule has 1 fully saturated rings. The van der Waals surface area contributed by atoms with Crippen LogP contribution in [0.1, 0.15) is 52.1 Å². The molecule has 1 aromatic heterocycles. The fourth-order valence-electron chi connectivity index (χ4n) is 3.26. The normalized spacial score (nSPS) is 24.8. The van der Waals surface area contributed by atoms with Crippen molar-refractivity contribution in [3.8, 4) is 6.07 Å². The van der Waals surface area contributed by atoms with Crippen molar-refractivity contribution in [3.63, 3.8) is 0 Å². The summed E-state index contributed by atoms with van der Waals surface area (Å²) in [5.74, 6) is 0.161. The Balaban J connectivity index is 2.11. The SMILES string of the molecule is CN(C(=O)C(C)(C)C)C1CCC(C#N)(c2ccc(Br)cn2)CC1. The Labute approximate surface area is 147 Å². The number of aromatic nitrogens is 1. The quantitative estimate of drug-likeness (QED) is 0.780. The monoisotopic (exact) mass is 377 g/mol. The van der Waals surface area contributed by atoms with Gasteiger partial charge in [0, 0.05) is 29.2 Å². The zero-order valence-electron chi connectivity index (χ0n) is 14.3. The Kier molecular flexibility index (Phi) is 5.15. The molecular formula is C18H24BrN3O. The van der Waals surface area contributed by atoms with Gasteiger partial charge in [0.15, 0.2) is 0 Å². The summed E-state index contributed by atoms with van der Waals surface area (Å²) in [4.78, 5) is 18.8. The molecule has 1 saturated carbocycles. The first-order valence-electron chi connectivity index (χ1n) is 8.00. The second kappa shape index (κ2) is 6.60. The first kappa shape index (κ1) is 17.9. The van der Waals surface area contributed by atoms with E-state index >= 15 is 0 Å². The Bertz CT molecular complexity index is 605. The molecule has 5 heteroatoms. The van der Waals surface area contributed by atoms with Crippen LogP contribution in [0.25, 0.3) is 0 Å².